The summed E-state index contributed by atoms with van der Waals surface area (Å²) in [6.45, 7) is -0.00134. The van der Waals surface area contributed by atoms with Crippen molar-refractivity contribution in [3.63, 3.8) is 0 Å². The molecule has 0 bridgehead atoms. The van der Waals surface area contributed by atoms with E-state index in [9.17, 15) is 9.59 Å². The zero-order valence-electron chi connectivity index (χ0n) is 9.90. The normalized spacial score (nSPS) is 14.9. The molecule has 0 aliphatic carbocycles. The largest absolute Gasteiger partial charge is 0.495 e. The number of rotatable bonds is 4. The van der Waals surface area contributed by atoms with Gasteiger partial charge in [-0.25, -0.2) is 0 Å². The molecule has 1 aliphatic rings. The molecule has 1 aliphatic heterocycles. The van der Waals surface area contributed by atoms with Crippen LogP contribution in [0.5, 0.6) is 5.75 Å². The molecule has 0 spiro atoms. The highest BCUT2D eigenvalue weighted by atomic mass is 16.5. The lowest BCUT2D eigenvalue weighted by molar-refractivity contribution is -0.138. The zero-order chi connectivity index (χ0) is 13.3. The molecule has 1 atom stereocenters. The number of hydrogen-bond donors (Lipinski definition) is 3. The number of anilines is 1. The molecular formula is C12H14N2O4. The number of carboxylic acids is 1. The van der Waals surface area contributed by atoms with Crippen LogP contribution in [0.3, 0.4) is 0 Å². The molecular weight excluding hydrogens is 236 g/mol. The van der Waals surface area contributed by atoms with E-state index in [1.165, 1.54) is 7.11 Å². The predicted molar refractivity (Wildman–Crippen MR) is 64.8 cm³/mol. The maximum Gasteiger partial charge on any atom is 0.312 e. The van der Waals surface area contributed by atoms with Crippen LogP contribution in [0.15, 0.2) is 12.1 Å². The Morgan fingerprint density at radius 3 is 2.89 bits per heavy atom. The third-order valence-corrected chi connectivity index (χ3v) is 2.98. The number of benzene rings is 1. The van der Waals surface area contributed by atoms with Gasteiger partial charge >= 0.3 is 5.97 Å². The van der Waals surface area contributed by atoms with Gasteiger partial charge in [0, 0.05) is 6.54 Å². The maximum absolute atomic E-state index is 11.3. The Bertz CT molecular complexity index is 513. The second kappa shape index (κ2) is 4.66. The van der Waals surface area contributed by atoms with Crippen molar-refractivity contribution in [1.82, 2.24) is 0 Å². The van der Waals surface area contributed by atoms with Crippen molar-refractivity contribution in [3.05, 3.63) is 23.3 Å². The van der Waals surface area contributed by atoms with Gasteiger partial charge in [-0.15, -0.1) is 0 Å². The molecule has 0 aromatic heterocycles. The number of fused-ring (bicyclic) bond motifs is 1. The van der Waals surface area contributed by atoms with Gasteiger partial charge < -0.3 is 20.9 Å². The number of nitrogens with two attached hydrogens (primary N) is 1. The minimum Gasteiger partial charge on any atom is -0.495 e. The highest BCUT2D eigenvalue weighted by Gasteiger charge is 2.26. The van der Waals surface area contributed by atoms with E-state index < -0.39 is 11.9 Å². The number of ether oxygens (including phenoxy) is 1. The second-order valence-corrected chi connectivity index (χ2v) is 4.11. The number of nitrogens with one attached hydrogen (secondary N) is 1. The molecule has 18 heavy (non-hydrogen) atoms. The van der Waals surface area contributed by atoms with E-state index in [0.29, 0.717) is 17.0 Å². The zero-order valence-corrected chi connectivity index (χ0v) is 9.90. The van der Waals surface area contributed by atoms with Gasteiger partial charge in [-0.05, 0) is 17.2 Å². The number of amides is 1. The van der Waals surface area contributed by atoms with Gasteiger partial charge in [0.2, 0.25) is 5.91 Å². The van der Waals surface area contributed by atoms with Crippen LogP contribution in [0.2, 0.25) is 0 Å². The molecule has 0 fully saturated rings. The second-order valence-electron chi connectivity index (χ2n) is 4.11. The smallest absolute Gasteiger partial charge is 0.312 e. The topological polar surface area (TPSA) is 102 Å². The molecule has 96 valence electrons. The molecule has 0 saturated carbocycles. The Hall–Kier alpha value is -2.08. The summed E-state index contributed by atoms with van der Waals surface area (Å²) in [5.74, 6) is -1.44. The van der Waals surface area contributed by atoms with E-state index in [1.54, 1.807) is 12.1 Å². The van der Waals surface area contributed by atoms with E-state index in [1.807, 2.05) is 0 Å². The lowest BCUT2D eigenvalue weighted by Gasteiger charge is -2.14. The molecule has 0 saturated heterocycles. The standard InChI is InChI=1S/C12H14N2O4/c1-18-9-3-6(8(5-13)12(16)17)2-7-4-10(15)14-11(7)9/h2-3,8H,4-5,13H2,1H3,(H,14,15)(H,16,17). The lowest BCUT2D eigenvalue weighted by atomic mass is 9.96. The van der Waals surface area contributed by atoms with Gasteiger partial charge in [0.1, 0.15) is 5.75 Å². The van der Waals surface area contributed by atoms with Crippen molar-refractivity contribution in [2.75, 3.05) is 19.0 Å². The summed E-state index contributed by atoms with van der Waals surface area (Å²) in [6.07, 6.45) is 0.233. The molecule has 1 amide bonds. The molecule has 0 radical (unpaired) electrons. The molecule has 2 rings (SSSR count). The van der Waals surface area contributed by atoms with Crippen molar-refractivity contribution in [3.8, 4) is 5.75 Å². The minimum absolute atomic E-state index is 0.00134. The Morgan fingerprint density at radius 2 is 2.33 bits per heavy atom. The highest BCUT2D eigenvalue weighted by Crippen LogP contribution is 2.36. The van der Waals surface area contributed by atoms with E-state index in [0.717, 1.165) is 5.56 Å². The number of aliphatic carboxylic acids is 1. The molecule has 1 unspecified atom stereocenters. The Labute approximate surface area is 104 Å². The van der Waals surface area contributed by atoms with Crippen LogP contribution in [-0.4, -0.2) is 30.6 Å². The van der Waals surface area contributed by atoms with Crippen LogP contribution in [0.4, 0.5) is 5.69 Å². The molecule has 1 aromatic rings. The van der Waals surface area contributed by atoms with Crippen LogP contribution >= 0.6 is 0 Å². The van der Waals surface area contributed by atoms with Crippen LogP contribution in [0.1, 0.15) is 17.0 Å². The summed E-state index contributed by atoms with van der Waals surface area (Å²) in [6, 6.07) is 3.30. The van der Waals surface area contributed by atoms with E-state index in [2.05, 4.69) is 5.32 Å². The quantitative estimate of drug-likeness (QED) is 0.714. The summed E-state index contributed by atoms with van der Waals surface area (Å²) in [4.78, 5) is 22.4. The Balaban J connectivity index is 2.49. The van der Waals surface area contributed by atoms with Gasteiger partial charge in [0.15, 0.2) is 0 Å². The van der Waals surface area contributed by atoms with Gasteiger partial charge in [-0.2, -0.15) is 0 Å². The molecule has 1 heterocycles. The van der Waals surface area contributed by atoms with Crippen molar-refractivity contribution in [2.45, 2.75) is 12.3 Å². The number of carboxylic acid groups (broad SMARTS) is 1. The third-order valence-electron chi connectivity index (χ3n) is 2.98. The van der Waals surface area contributed by atoms with Gasteiger partial charge in [-0.3, -0.25) is 9.59 Å². The van der Waals surface area contributed by atoms with E-state index >= 15 is 0 Å². The van der Waals surface area contributed by atoms with Crippen molar-refractivity contribution in [2.24, 2.45) is 5.73 Å². The number of carbonyl (C=O) groups is 2. The first-order valence-electron chi connectivity index (χ1n) is 5.50. The fourth-order valence-electron chi connectivity index (χ4n) is 2.08. The molecule has 6 nitrogen and oxygen atoms in total. The summed E-state index contributed by atoms with van der Waals surface area (Å²) in [5.41, 5.74) is 7.38. The van der Waals surface area contributed by atoms with Crippen molar-refractivity contribution in [1.29, 1.82) is 0 Å². The Morgan fingerprint density at radius 1 is 1.61 bits per heavy atom. The average Bonchev–Trinajstić information content (AvgIpc) is 2.68. The first-order chi connectivity index (χ1) is 8.56. The third kappa shape index (κ3) is 2.02. The molecule has 6 heteroatoms. The van der Waals surface area contributed by atoms with Gasteiger partial charge in [0.25, 0.3) is 0 Å². The van der Waals surface area contributed by atoms with Crippen molar-refractivity contribution < 1.29 is 19.4 Å². The van der Waals surface area contributed by atoms with Crippen molar-refractivity contribution >= 4 is 17.6 Å². The highest BCUT2D eigenvalue weighted by molar-refractivity contribution is 6.01. The monoisotopic (exact) mass is 250 g/mol. The Kier molecular flexibility index (Phi) is 3.20. The number of carbonyl (C=O) groups excluding carboxylic acids is 1. The van der Waals surface area contributed by atoms with Gasteiger partial charge in [0.05, 0.1) is 25.1 Å². The maximum atomic E-state index is 11.3. The van der Waals surface area contributed by atoms with Crippen LogP contribution in [0, 0.1) is 0 Å². The molecule has 1 aromatic carbocycles. The fourth-order valence-corrected chi connectivity index (χ4v) is 2.08. The van der Waals surface area contributed by atoms with E-state index in [4.69, 9.17) is 15.6 Å². The van der Waals surface area contributed by atoms with Gasteiger partial charge in [-0.1, -0.05) is 6.07 Å². The number of methoxy groups -OCH3 is 1. The first kappa shape index (κ1) is 12.4. The van der Waals surface area contributed by atoms with E-state index in [-0.39, 0.29) is 18.9 Å². The first-order valence-corrected chi connectivity index (χ1v) is 5.50. The van der Waals surface area contributed by atoms with Crippen LogP contribution in [0.25, 0.3) is 0 Å². The number of hydrogen-bond acceptors (Lipinski definition) is 4. The summed E-state index contributed by atoms with van der Waals surface area (Å²) in [5, 5.41) is 11.8. The summed E-state index contributed by atoms with van der Waals surface area (Å²) < 4.78 is 5.17. The van der Waals surface area contributed by atoms with Crippen LogP contribution < -0.4 is 15.8 Å². The minimum atomic E-state index is -0.989. The summed E-state index contributed by atoms with van der Waals surface area (Å²) in [7, 11) is 1.47. The average molecular weight is 250 g/mol. The SMILES string of the molecule is COc1cc(C(CN)C(=O)O)cc2c1NC(=O)C2. The lowest BCUT2D eigenvalue weighted by Crippen LogP contribution is -2.21. The fraction of sp³-hybridized carbons (Fsp3) is 0.333. The molecule has 4 N–H and O–H groups in total. The predicted octanol–water partition coefficient (Wildman–Crippen LogP) is 0.317. The van der Waals surface area contributed by atoms with Crippen LogP contribution in [-0.2, 0) is 16.0 Å². The summed E-state index contributed by atoms with van der Waals surface area (Å²) >= 11 is 0.